The summed E-state index contributed by atoms with van der Waals surface area (Å²) in [6.45, 7) is 0.437. The van der Waals surface area contributed by atoms with Gasteiger partial charge < -0.3 is 10.0 Å². The van der Waals surface area contributed by atoms with Crippen LogP contribution in [0.2, 0.25) is 0 Å². The molecular weight excluding hydrogens is 481 g/mol. The molecule has 1 aliphatic rings. The minimum absolute atomic E-state index is 0.0378. The first-order chi connectivity index (χ1) is 16.9. The molecule has 176 valence electrons. The van der Waals surface area contributed by atoms with Gasteiger partial charge >= 0.3 is 5.97 Å². The molecule has 4 nitrogen and oxygen atoms in total. The van der Waals surface area contributed by atoms with E-state index < -0.39 is 23.6 Å². The van der Waals surface area contributed by atoms with Crippen LogP contribution in [0.4, 0.5) is 4.39 Å². The van der Waals surface area contributed by atoms with Gasteiger partial charge in [-0.15, -0.1) is 0 Å². The number of hydrogen-bond donors (Lipinski definition) is 1. The first-order valence-corrected chi connectivity index (χ1v) is 12.2. The minimum Gasteiger partial charge on any atom is -0.480 e. The van der Waals surface area contributed by atoms with Crippen LogP contribution in [0.5, 0.6) is 0 Å². The summed E-state index contributed by atoms with van der Waals surface area (Å²) in [5.41, 5.74) is 2.73. The van der Waals surface area contributed by atoms with Gasteiger partial charge in [0.2, 0.25) is 0 Å². The van der Waals surface area contributed by atoms with Gasteiger partial charge in [0.15, 0.2) is 5.78 Å². The Hall–Kier alpha value is -3.55. The van der Waals surface area contributed by atoms with E-state index in [4.69, 9.17) is 12.2 Å². The minimum atomic E-state index is -0.904. The summed E-state index contributed by atoms with van der Waals surface area (Å²) in [7, 11) is 0. The SMILES string of the molecule is O=C(/C=C/c1ccc(/C=C2/CN([C@@H](Cc3ccccc3)C(=O)O)C(=S)S2)cc1)c1ccccc1F. The van der Waals surface area contributed by atoms with E-state index in [2.05, 4.69) is 0 Å². The molecule has 0 aliphatic carbocycles. The van der Waals surface area contributed by atoms with Gasteiger partial charge in [-0.25, -0.2) is 9.18 Å². The maximum Gasteiger partial charge on any atom is 0.326 e. The van der Waals surface area contributed by atoms with Gasteiger partial charge in [0.1, 0.15) is 16.2 Å². The number of thioether (sulfide) groups is 1. The fourth-order valence-electron chi connectivity index (χ4n) is 3.73. The number of carbonyl (C=O) groups excluding carboxylic acids is 1. The molecule has 0 amide bonds. The first kappa shape index (κ1) is 24.6. The maximum atomic E-state index is 13.8. The second-order valence-electron chi connectivity index (χ2n) is 7.99. The van der Waals surface area contributed by atoms with Crippen LogP contribution >= 0.6 is 24.0 Å². The topological polar surface area (TPSA) is 57.6 Å². The lowest BCUT2D eigenvalue weighted by atomic mass is 10.0. The fourth-order valence-corrected chi connectivity index (χ4v) is 5.17. The third-order valence-electron chi connectivity index (χ3n) is 5.54. The van der Waals surface area contributed by atoms with Crippen molar-refractivity contribution >= 4 is 52.2 Å². The van der Waals surface area contributed by atoms with Crippen LogP contribution in [-0.2, 0) is 11.2 Å². The predicted octanol–water partition coefficient (Wildman–Crippen LogP) is 6.09. The van der Waals surface area contributed by atoms with Gasteiger partial charge in [0.25, 0.3) is 0 Å². The van der Waals surface area contributed by atoms with Crippen molar-refractivity contribution in [1.82, 2.24) is 4.90 Å². The summed E-state index contributed by atoms with van der Waals surface area (Å²) in [6.07, 6.45) is 5.36. The Morgan fingerprint density at radius 1 is 1.00 bits per heavy atom. The molecule has 35 heavy (non-hydrogen) atoms. The zero-order valence-electron chi connectivity index (χ0n) is 18.6. The molecule has 0 spiro atoms. The van der Waals surface area contributed by atoms with Crippen LogP contribution in [0.25, 0.3) is 12.2 Å². The lowest BCUT2D eigenvalue weighted by molar-refractivity contribution is -0.141. The van der Waals surface area contributed by atoms with Crippen molar-refractivity contribution < 1.29 is 19.1 Å². The fraction of sp³-hybridized carbons (Fsp3) is 0.107. The monoisotopic (exact) mass is 503 g/mol. The normalized spacial score (nSPS) is 15.6. The third kappa shape index (κ3) is 6.32. The lowest BCUT2D eigenvalue weighted by Crippen LogP contribution is -2.42. The quantitative estimate of drug-likeness (QED) is 0.228. The van der Waals surface area contributed by atoms with Gasteiger partial charge in [0, 0.05) is 11.3 Å². The zero-order valence-corrected chi connectivity index (χ0v) is 20.3. The summed E-state index contributed by atoms with van der Waals surface area (Å²) < 4.78 is 14.3. The molecule has 1 fully saturated rings. The van der Waals surface area contributed by atoms with E-state index in [0.717, 1.165) is 21.6 Å². The second-order valence-corrected chi connectivity index (χ2v) is 9.75. The molecule has 0 radical (unpaired) electrons. The molecule has 1 heterocycles. The highest BCUT2D eigenvalue weighted by molar-refractivity contribution is 8.25. The standard InChI is InChI=1S/C28H22FNO3S2/c29-24-9-5-4-8-23(24)26(31)15-14-19-10-12-21(13-11-19)16-22-18-30(28(34)35-22)25(27(32)33)17-20-6-2-1-3-7-20/h1-16,25H,17-18H2,(H,32,33)/b15-14+,22-16-/t25-/m0/s1. The van der Waals surface area contributed by atoms with E-state index in [1.807, 2.05) is 60.7 Å². The number of nitrogens with zero attached hydrogens (tertiary/aromatic N) is 1. The average Bonchev–Trinajstić information content (AvgIpc) is 3.22. The molecule has 4 rings (SSSR count). The molecule has 1 aliphatic heterocycles. The Bertz CT molecular complexity index is 1300. The van der Waals surface area contributed by atoms with E-state index >= 15 is 0 Å². The van der Waals surface area contributed by atoms with Crippen molar-refractivity contribution in [3.8, 4) is 0 Å². The Kier molecular flexibility index (Phi) is 7.90. The summed E-state index contributed by atoms with van der Waals surface area (Å²) in [4.78, 5) is 26.9. The first-order valence-electron chi connectivity index (χ1n) is 10.9. The number of carboxylic acids is 1. The summed E-state index contributed by atoms with van der Waals surface area (Å²) in [5.74, 6) is -1.84. The molecule has 1 N–H and O–H groups in total. The average molecular weight is 504 g/mol. The van der Waals surface area contributed by atoms with Crippen molar-refractivity contribution in [3.05, 3.63) is 118 Å². The van der Waals surface area contributed by atoms with Gasteiger partial charge in [-0.1, -0.05) is 96.8 Å². The number of allylic oxidation sites excluding steroid dienone is 1. The third-order valence-corrected chi connectivity index (χ3v) is 6.95. The molecule has 0 aromatic heterocycles. The van der Waals surface area contributed by atoms with Crippen LogP contribution in [0.3, 0.4) is 0 Å². The van der Waals surface area contributed by atoms with E-state index in [-0.39, 0.29) is 5.56 Å². The number of thiocarbonyl (C=S) groups is 1. The van der Waals surface area contributed by atoms with E-state index in [1.54, 1.807) is 23.1 Å². The second kappa shape index (κ2) is 11.3. The number of aliphatic carboxylic acids is 1. The molecule has 3 aromatic rings. The highest BCUT2D eigenvalue weighted by atomic mass is 32.2. The van der Waals surface area contributed by atoms with Crippen molar-refractivity contribution in [3.63, 3.8) is 0 Å². The zero-order chi connectivity index (χ0) is 24.8. The molecule has 0 unspecified atom stereocenters. The molecule has 0 bridgehead atoms. The number of ketones is 1. The highest BCUT2D eigenvalue weighted by Crippen LogP contribution is 2.33. The van der Waals surface area contributed by atoms with Gasteiger partial charge in [-0.3, -0.25) is 4.79 Å². The molecule has 0 saturated carbocycles. The Morgan fingerprint density at radius 3 is 2.34 bits per heavy atom. The number of halogens is 1. The largest absolute Gasteiger partial charge is 0.480 e. The van der Waals surface area contributed by atoms with Crippen molar-refractivity contribution in [2.75, 3.05) is 6.54 Å². The molecular formula is C28H22FNO3S2. The predicted molar refractivity (Wildman–Crippen MR) is 143 cm³/mol. The van der Waals surface area contributed by atoms with Crippen molar-refractivity contribution in [2.24, 2.45) is 0 Å². The Morgan fingerprint density at radius 2 is 1.66 bits per heavy atom. The van der Waals surface area contributed by atoms with Gasteiger partial charge in [-0.05, 0) is 41.0 Å². The number of carbonyl (C=O) groups is 2. The molecule has 3 aromatic carbocycles. The summed E-state index contributed by atoms with van der Waals surface area (Å²) >= 11 is 6.89. The van der Waals surface area contributed by atoms with E-state index in [1.165, 1.54) is 30.0 Å². The van der Waals surface area contributed by atoms with Crippen LogP contribution in [0.1, 0.15) is 27.0 Å². The Balaban J connectivity index is 1.42. The van der Waals surface area contributed by atoms with Gasteiger partial charge in [-0.2, -0.15) is 0 Å². The number of rotatable bonds is 8. The number of carboxylic acid groups (broad SMARTS) is 1. The van der Waals surface area contributed by atoms with Crippen LogP contribution < -0.4 is 0 Å². The summed E-state index contributed by atoms with van der Waals surface area (Å²) in [6, 6.07) is 22.2. The molecule has 7 heteroatoms. The number of benzene rings is 3. The van der Waals surface area contributed by atoms with E-state index in [9.17, 15) is 19.1 Å². The van der Waals surface area contributed by atoms with Crippen LogP contribution in [0, 0.1) is 5.82 Å². The Labute approximate surface area is 212 Å². The molecule has 1 atom stereocenters. The van der Waals surface area contributed by atoms with Crippen LogP contribution in [0.15, 0.2) is 89.8 Å². The highest BCUT2D eigenvalue weighted by Gasteiger charge is 2.33. The van der Waals surface area contributed by atoms with Crippen LogP contribution in [-0.4, -0.2) is 38.7 Å². The molecule has 1 saturated heterocycles. The van der Waals surface area contributed by atoms with Crippen molar-refractivity contribution in [2.45, 2.75) is 12.5 Å². The van der Waals surface area contributed by atoms with E-state index in [0.29, 0.717) is 17.3 Å². The maximum absolute atomic E-state index is 13.8. The van der Waals surface area contributed by atoms with Crippen molar-refractivity contribution in [1.29, 1.82) is 0 Å². The smallest absolute Gasteiger partial charge is 0.326 e. The lowest BCUT2D eigenvalue weighted by Gasteiger charge is -2.25. The van der Waals surface area contributed by atoms with Gasteiger partial charge in [0.05, 0.1) is 12.1 Å². The summed E-state index contributed by atoms with van der Waals surface area (Å²) in [5, 5.41) is 9.82. The number of hydrogen-bond acceptors (Lipinski definition) is 4.